The molecule has 1 N–H and O–H groups in total. The van der Waals surface area contributed by atoms with Gasteiger partial charge in [0, 0.05) is 30.9 Å². The molecule has 0 aromatic rings. The summed E-state index contributed by atoms with van der Waals surface area (Å²) in [6, 6.07) is 0. The third-order valence-corrected chi connectivity index (χ3v) is 5.23. The highest BCUT2D eigenvalue weighted by atomic mass is 33.1. The van der Waals surface area contributed by atoms with E-state index in [1.165, 1.54) is 0 Å². The van der Waals surface area contributed by atoms with Gasteiger partial charge >= 0.3 is 0 Å². The van der Waals surface area contributed by atoms with Crippen molar-refractivity contribution in [2.24, 2.45) is 0 Å². The van der Waals surface area contributed by atoms with Crippen molar-refractivity contribution in [2.75, 3.05) is 0 Å². The summed E-state index contributed by atoms with van der Waals surface area (Å²) in [6.07, 6.45) is 5.92. The van der Waals surface area contributed by atoms with E-state index in [0.29, 0.717) is 0 Å². The van der Waals surface area contributed by atoms with Gasteiger partial charge in [0.15, 0.2) is 0 Å². The molecule has 0 saturated carbocycles. The van der Waals surface area contributed by atoms with Crippen LogP contribution in [-0.4, -0.2) is 10.6 Å². The second kappa shape index (κ2) is 6.31. The Morgan fingerprint density at radius 3 is 2.50 bits per heavy atom. The summed E-state index contributed by atoms with van der Waals surface area (Å²) in [5.41, 5.74) is 0.210. The summed E-state index contributed by atoms with van der Waals surface area (Å²) in [4.78, 5) is 9.63. The number of allylic oxidation sites excluding steroid dienone is 1. The lowest BCUT2D eigenvalue weighted by molar-refractivity contribution is 0.591. The second-order valence-electron chi connectivity index (χ2n) is 2.94. The summed E-state index contributed by atoms with van der Waals surface area (Å²) in [6.45, 7) is 5.80. The van der Waals surface area contributed by atoms with E-state index < -0.39 is 5.89 Å². The van der Waals surface area contributed by atoms with Crippen LogP contribution in [0.25, 0.3) is 0 Å². The predicted molar refractivity (Wildman–Crippen MR) is 65.2 cm³/mol. The molecule has 0 saturated heterocycles. The lowest BCUT2D eigenvalue weighted by Gasteiger charge is -2.16. The summed E-state index contributed by atoms with van der Waals surface area (Å²) in [5.74, 6) is -2.25. The Kier molecular flexibility index (Phi) is 6.75. The standard InChI is InChI=1S/C8H18OPS2/c1-3-5-7-8(6-4-2)10(9,11)12/h4,8-9,11-12H,2-3,5-7H2,1H3/q+1. The molecule has 0 aromatic carbocycles. The fourth-order valence-electron chi connectivity index (χ4n) is 1.06. The van der Waals surface area contributed by atoms with E-state index >= 15 is 0 Å². The lowest BCUT2D eigenvalue weighted by Crippen LogP contribution is -2.05. The van der Waals surface area contributed by atoms with Crippen molar-refractivity contribution < 1.29 is 4.89 Å². The maximum Gasteiger partial charge on any atom is 0.255 e. The van der Waals surface area contributed by atoms with Crippen molar-refractivity contribution in [3.63, 3.8) is 0 Å². The average molecular weight is 225 g/mol. The SMILES string of the molecule is C=CCC(CCCC)[P+](O)(S)S. The molecule has 12 heavy (non-hydrogen) atoms. The number of unbranched alkanes of at least 4 members (excludes halogenated alkanes) is 1. The Hall–Kier alpha value is 0.830. The van der Waals surface area contributed by atoms with E-state index in [9.17, 15) is 4.89 Å². The number of rotatable bonds is 6. The van der Waals surface area contributed by atoms with Crippen LogP contribution in [0.2, 0.25) is 0 Å². The van der Waals surface area contributed by atoms with Gasteiger partial charge in [0.1, 0.15) is 5.66 Å². The zero-order valence-electron chi connectivity index (χ0n) is 7.48. The first-order chi connectivity index (χ1) is 5.52. The topological polar surface area (TPSA) is 20.2 Å². The smallest absolute Gasteiger partial charge is 0.227 e. The Bertz CT molecular complexity index is 134. The van der Waals surface area contributed by atoms with E-state index in [4.69, 9.17) is 0 Å². The Labute approximate surface area is 86.4 Å². The van der Waals surface area contributed by atoms with Gasteiger partial charge in [-0.1, -0.05) is 19.4 Å². The summed E-state index contributed by atoms with van der Waals surface area (Å²) in [7, 11) is 0. The fraction of sp³-hybridized carbons (Fsp3) is 0.750. The van der Waals surface area contributed by atoms with Crippen LogP contribution in [0, 0.1) is 0 Å². The van der Waals surface area contributed by atoms with Crippen LogP contribution >= 0.6 is 30.4 Å². The Morgan fingerprint density at radius 2 is 2.17 bits per heavy atom. The van der Waals surface area contributed by atoms with E-state index in [1.807, 2.05) is 6.08 Å². The van der Waals surface area contributed by atoms with Crippen LogP contribution in [-0.2, 0) is 0 Å². The van der Waals surface area contributed by atoms with Gasteiger partial charge in [-0.3, -0.25) is 0 Å². The van der Waals surface area contributed by atoms with Crippen LogP contribution in [0.4, 0.5) is 0 Å². The van der Waals surface area contributed by atoms with Crippen LogP contribution < -0.4 is 0 Å². The van der Waals surface area contributed by atoms with E-state index in [-0.39, 0.29) is 5.66 Å². The minimum absolute atomic E-state index is 0.210. The number of hydrogen-bond acceptors (Lipinski definition) is 3. The molecule has 0 spiro atoms. The lowest BCUT2D eigenvalue weighted by atomic mass is 10.1. The number of hydrogen-bond donors (Lipinski definition) is 3. The fourth-order valence-corrected chi connectivity index (χ4v) is 3.28. The molecule has 0 aromatic heterocycles. The Balaban J connectivity index is 3.94. The average Bonchev–Trinajstić information content (AvgIpc) is 1.95. The zero-order valence-corrected chi connectivity index (χ0v) is 10.2. The second-order valence-corrected chi connectivity index (χ2v) is 9.50. The first kappa shape index (κ1) is 12.8. The van der Waals surface area contributed by atoms with Crippen LogP contribution in [0.5, 0.6) is 0 Å². The van der Waals surface area contributed by atoms with Gasteiger partial charge in [0.05, 0.1) is 0 Å². The molecule has 0 fully saturated rings. The van der Waals surface area contributed by atoms with Crippen molar-refractivity contribution in [3.05, 3.63) is 12.7 Å². The summed E-state index contributed by atoms with van der Waals surface area (Å²) in [5, 5.41) is 0. The van der Waals surface area contributed by atoms with Crippen molar-refractivity contribution in [1.29, 1.82) is 0 Å². The first-order valence-corrected chi connectivity index (χ1v) is 8.31. The third-order valence-electron chi connectivity index (χ3n) is 1.82. The molecular formula is C8H18OPS2+. The maximum absolute atomic E-state index is 9.63. The monoisotopic (exact) mass is 225 g/mol. The highest BCUT2D eigenvalue weighted by Gasteiger charge is 2.36. The quantitative estimate of drug-likeness (QED) is 0.357. The van der Waals surface area contributed by atoms with Crippen LogP contribution in [0.15, 0.2) is 12.7 Å². The summed E-state index contributed by atoms with van der Waals surface area (Å²) < 4.78 is 0. The molecule has 0 amide bonds. The van der Waals surface area contributed by atoms with Gasteiger partial charge in [0.2, 0.25) is 0 Å². The Morgan fingerprint density at radius 1 is 1.58 bits per heavy atom. The van der Waals surface area contributed by atoms with Gasteiger partial charge in [-0.25, -0.2) is 4.89 Å². The number of thiol groups is 2. The van der Waals surface area contributed by atoms with Crippen LogP contribution in [0.1, 0.15) is 32.6 Å². The van der Waals surface area contributed by atoms with E-state index in [2.05, 4.69) is 38.0 Å². The minimum Gasteiger partial charge on any atom is -0.227 e. The van der Waals surface area contributed by atoms with Crippen molar-refractivity contribution in [3.8, 4) is 0 Å². The normalized spacial score (nSPS) is 14.3. The molecule has 4 heteroatoms. The molecular weight excluding hydrogens is 207 g/mol. The van der Waals surface area contributed by atoms with Gasteiger partial charge in [-0.15, -0.1) is 6.58 Å². The minimum atomic E-state index is -2.25. The van der Waals surface area contributed by atoms with Crippen molar-refractivity contribution in [2.45, 2.75) is 38.3 Å². The molecule has 72 valence electrons. The largest absolute Gasteiger partial charge is 0.255 e. The predicted octanol–water partition coefficient (Wildman–Crippen LogP) is 3.74. The third kappa shape index (κ3) is 5.47. The van der Waals surface area contributed by atoms with Gasteiger partial charge in [-0.05, 0) is 12.8 Å². The molecule has 0 rings (SSSR count). The van der Waals surface area contributed by atoms with Crippen molar-refractivity contribution in [1.82, 2.24) is 0 Å². The van der Waals surface area contributed by atoms with Crippen LogP contribution in [0.3, 0.4) is 0 Å². The molecule has 0 aliphatic heterocycles. The van der Waals surface area contributed by atoms with E-state index in [1.54, 1.807) is 0 Å². The highest BCUT2D eigenvalue weighted by molar-refractivity contribution is 8.83. The van der Waals surface area contributed by atoms with Gasteiger partial charge in [0.25, 0.3) is 5.89 Å². The molecule has 0 aliphatic carbocycles. The summed E-state index contributed by atoms with van der Waals surface area (Å²) >= 11 is 8.28. The zero-order chi connectivity index (χ0) is 9.61. The molecule has 0 bridgehead atoms. The molecule has 0 aliphatic rings. The molecule has 1 nitrogen and oxygen atoms in total. The van der Waals surface area contributed by atoms with Gasteiger partial charge < -0.3 is 0 Å². The van der Waals surface area contributed by atoms with Gasteiger partial charge in [-0.2, -0.15) is 0 Å². The maximum atomic E-state index is 9.63. The van der Waals surface area contributed by atoms with E-state index in [0.717, 1.165) is 25.7 Å². The molecule has 1 atom stereocenters. The molecule has 0 radical (unpaired) electrons. The van der Waals surface area contributed by atoms with Crippen molar-refractivity contribution >= 4 is 30.4 Å². The highest BCUT2D eigenvalue weighted by Crippen LogP contribution is 2.69. The molecule has 1 unspecified atom stereocenters. The first-order valence-electron chi connectivity index (χ1n) is 4.20. The molecule has 0 heterocycles.